The van der Waals surface area contributed by atoms with Gasteiger partial charge in [-0.25, -0.2) is 4.79 Å². The van der Waals surface area contributed by atoms with Crippen molar-refractivity contribution >= 4 is 17.5 Å². The van der Waals surface area contributed by atoms with Crippen LogP contribution in [0, 0.1) is 6.92 Å². The van der Waals surface area contributed by atoms with Gasteiger partial charge in [0.2, 0.25) is 0 Å². The Morgan fingerprint density at radius 3 is 2.77 bits per heavy atom. The molecule has 6 heteroatoms. The van der Waals surface area contributed by atoms with Crippen molar-refractivity contribution in [2.24, 2.45) is 0 Å². The first-order valence-electron chi connectivity index (χ1n) is 6.90. The molecule has 0 atom stereocenters. The van der Waals surface area contributed by atoms with Crippen LogP contribution in [0.1, 0.15) is 15.9 Å². The Balaban J connectivity index is 2.76. The molecule has 1 amide bonds. The molecule has 0 spiro atoms. The van der Waals surface area contributed by atoms with Gasteiger partial charge in [-0.3, -0.25) is 5.32 Å². The van der Waals surface area contributed by atoms with Gasteiger partial charge in [0, 0.05) is 14.2 Å². The first-order valence-corrected chi connectivity index (χ1v) is 7.28. The van der Waals surface area contributed by atoms with E-state index in [4.69, 9.17) is 21.1 Å². The Bertz CT molecular complexity index is 533. The maximum Gasteiger partial charge on any atom is 0.348 e. The van der Waals surface area contributed by atoms with Crippen molar-refractivity contribution in [3.63, 3.8) is 0 Å². The van der Waals surface area contributed by atoms with Gasteiger partial charge in [0.05, 0.1) is 11.6 Å². The van der Waals surface area contributed by atoms with Crippen LogP contribution in [-0.4, -0.2) is 33.3 Å². The quantitative estimate of drug-likeness (QED) is 0.563. The highest BCUT2D eigenvalue weighted by Crippen LogP contribution is 2.25. The lowest BCUT2D eigenvalue weighted by Gasteiger charge is -2.09. The second kappa shape index (κ2) is 10.00. The maximum atomic E-state index is 12.2. The number of nitrogens with one attached hydrogen (secondary N) is 1. The van der Waals surface area contributed by atoms with Gasteiger partial charge in [0.25, 0.3) is 0 Å². The van der Waals surface area contributed by atoms with E-state index in [0.717, 1.165) is 5.56 Å². The molecule has 0 radical (unpaired) electrons. The van der Waals surface area contributed by atoms with Crippen molar-refractivity contribution in [1.82, 2.24) is 5.32 Å². The number of amides is 1. The maximum absolute atomic E-state index is 12.2. The van der Waals surface area contributed by atoms with Crippen molar-refractivity contribution in [3.8, 4) is 5.75 Å². The van der Waals surface area contributed by atoms with Crippen LogP contribution in [0.5, 0.6) is 5.75 Å². The SMILES string of the molecule is CNC=CC=C[NH2+]C(=O)c1c(C)cc(OCCOC)cc1Cl. The Morgan fingerprint density at radius 1 is 1.36 bits per heavy atom. The Morgan fingerprint density at radius 2 is 2.14 bits per heavy atom. The fourth-order valence-corrected chi connectivity index (χ4v) is 2.14. The largest absolute Gasteiger partial charge is 0.491 e. The summed E-state index contributed by atoms with van der Waals surface area (Å²) in [6.45, 7) is 2.77. The summed E-state index contributed by atoms with van der Waals surface area (Å²) in [5, 5.41) is 4.73. The zero-order valence-electron chi connectivity index (χ0n) is 13.1. The predicted molar refractivity (Wildman–Crippen MR) is 87.2 cm³/mol. The number of benzene rings is 1. The smallest absolute Gasteiger partial charge is 0.348 e. The minimum Gasteiger partial charge on any atom is -0.491 e. The summed E-state index contributed by atoms with van der Waals surface area (Å²) in [5.41, 5.74) is 1.27. The van der Waals surface area contributed by atoms with Gasteiger partial charge in [-0.05, 0) is 43.0 Å². The van der Waals surface area contributed by atoms with Gasteiger partial charge >= 0.3 is 5.91 Å². The van der Waals surface area contributed by atoms with Crippen LogP contribution in [-0.2, 0) is 4.74 Å². The van der Waals surface area contributed by atoms with Gasteiger partial charge < -0.3 is 14.8 Å². The molecular weight excluding hydrogens is 304 g/mol. The molecule has 0 aliphatic carbocycles. The lowest BCUT2D eigenvalue weighted by Crippen LogP contribution is -2.82. The Hall–Kier alpha value is -1.82. The summed E-state index contributed by atoms with van der Waals surface area (Å²) in [4.78, 5) is 12.2. The zero-order valence-corrected chi connectivity index (χ0v) is 13.8. The van der Waals surface area contributed by atoms with Gasteiger partial charge in [0.1, 0.15) is 24.1 Å². The van der Waals surface area contributed by atoms with E-state index >= 15 is 0 Å². The monoisotopic (exact) mass is 325 g/mol. The van der Waals surface area contributed by atoms with Crippen LogP contribution in [0.3, 0.4) is 0 Å². The van der Waals surface area contributed by atoms with E-state index in [2.05, 4.69) is 5.32 Å². The fraction of sp³-hybridized carbons (Fsp3) is 0.312. The van der Waals surface area contributed by atoms with Crippen LogP contribution in [0.4, 0.5) is 0 Å². The molecule has 1 aromatic carbocycles. The molecule has 1 aromatic rings. The molecule has 3 N–H and O–H groups in total. The number of nitrogens with two attached hydrogens (primary N) is 1. The van der Waals surface area contributed by atoms with Gasteiger partial charge in [-0.2, -0.15) is 0 Å². The molecule has 5 nitrogen and oxygen atoms in total. The number of quaternary nitrogens is 1. The number of ether oxygens (including phenoxy) is 2. The topological polar surface area (TPSA) is 64.2 Å². The summed E-state index contributed by atoms with van der Waals surface area (Å²) in [7, 11) is 3.41. The molecule has 0 unspecified atom stereocenters. The number of hydrogen-bond donors (Lipinski definition) is 2. The molecular formula is C16H22ClN2O3+. The number of carbonyl (C=O) groups is 1. The minimum absolute atomic E-state index is 0.139. The number of hydrogen-bond acceptors (Lipinski definition) is 4. The van der Waals surface area contributed by atoms with E-state index < -0.39 is 0 Å². The third kappa shape index (κ3) is 5.89. The van der Waals surface area contributed by atoms with Crippen molar-refractivity contribution in [2.75, 3.05) is 27.4 Å². The number of methoxy groups -OCH3 is 1. The van der Waals surface area contributed by atoms with E-state index in [-0.39, 0.29) is 5.91 Å². The summed E-state index contributed by atoms with van der Waals surface area (Å²) in [6, 6.07) is 3.45. The molecule has 0 saturated heterocycles. The van der Waals surface area contributed by atoms with Gasteiger partial charge in [0.15, 0.2) is 0 Å². The highest BCUT2D eigenvalue weighted by molar-refractivity contribution is 6.33. The minimum atomic E-state index is -0.139. The molecule has 0 heterocycles. The Labute approximate surface area is 135 Å². The highest BCUT2D eigenvalue weighted by Gasteiger charge is 2.17. The molecule has 0 aromatic heterocycles. The fourth-order valence-electron chi connectivity index (χ4n) is 1.79. The lowest BCUT2D eigenvalue weighted by atomic mass is 10.1. The second-order valence-electron chi connectivity index (χ2n) is 4.50. The molecule has 1 rings (SSSR count). The molecule has 0 saturated carbocycles. The van der Waals surface area contributed by atoms with Crippen LogP contribution in [0.15, 0.2) is 36.7 Å². The van der Waals surface area contributed by atoms with Crippen LogP contribution >= 0.6 is 11.6 Å². The number of rotatable bonds is 8. The number of halogens is 1. The van der Waals surface area contributed by atoms with Gasteiger partial charge in [-0.15, -0.1) is 0 Å². The highest BCUT2D eigenvalue weighted by atomic mass is 35.5. The molecule has 22 heavy (non-hydrogen) atoms. The van der Waals surface area contributed by atoms with Crippen molar-refractivity contribution < 1.29 is 19.6 Å². The first-order chi connectivity index (χ1) is 10.6. The first kappa shape index (κ1) is 18.2. The Kier molecular flexibility index (Phi) is 8.28. The van der Waals surface area contributed by atoms with Gasteiger partial charge in [-0.1, -0.05) is 11.6 Å². The molecule has 0 aliphatic rings. The lowest BCUT2D eigenvalue weighted by molar-refractivity contribution is -0.481. The number of carbonyl (C=O) groups excluding carboxylic acids is 1. The molecule has 0 fully saturated rings. The summed E-state index contributed by atoms with van der Waals surface area (Å²) >= 11 is 6.20. The van der Waals surface area contributed by atoms with Crippen molar-refractivity contribution in [2.45, 2.75) is 6.92 Å². The summed E-state index contributed by atoms with van der Waals surface area (Å²) in [6.07, 6.45) is 7.00. The van der Waals surface area contributed by atoms with Crippen LogP contribution in [0.2, 0.25) is 5.02 Å². The summed E-state index contributed by atoms with van der Waals surface area (Å²) in [5.74, 6) is 0.489. The summed E-state index contributed by atoms with van der Waals surface area (Å²) < 4.78 is 10.4. The van der Waals surface area contributed by atoms with E-state index in [1.165, 1.54) is 5.32 Å². The van der Waals surface area contributed by atoms with Crippen LogP contribution < -0.4 is 15.4 Å². The predicted octanol–water partition coefficient (Wildman–Crippen LogP) is 1.62. The number of primary amides is 1. The third-order valence-electron chi connectivity index (χ3n) is 2.80. The number of aryl methyl sites for hydroxylation is 1. The van der Waals surface area contributed by atoms with E-state index in [1.54, 1.807) is 50.8 Å². The van der Waals surface area contributed by atoms with Crippen molar-refractivity contribution in [3.05, 3.63) is 52.8 Å². The second-order valence-corrected chi connectivity index (χ2v) is 4.91. The van der Waals surface area contributed by atoms with E-state index in [0.29, 0.717) is 29.5 Å². The van der Waals surface area contributed by atoms with E-state index in [1.807, 2.05) is 6.92 Å². The van der Waals surface area contributed by atoms with Crippen molar-refractivity contribution in [1.29, 1.82) is 0 Å². The normalized spacial score (nSPS) is 11.3. The molecule has 0 bridgehead atoms. The molecule has 0 aliphatic heterocycles. The third-order valence-corrected chi connectivity index (χ3v) is 3.09. The molecule has 120 valence electrons. The average Bonchev–Trinajstić information content (AvgIpc) is 2.46. The zero-order chi connectivity index (χ0) is 16.4. The van der Waals surface area contributed by atoms with E-state index in [9.17, 15) is 4.79 Å². The average molecular weight is 326 g/mol. The van der Waals surface area contributed by atoms with Crippen LogP contribution in [0.25, 0.3) is 0 Å². The standard InChI is InChI=1S/C16H21ClN2O3/c1-12-10-13(22-9-8-21-3)11-14(17)15(12)16(20)19-7-5-4-6-18-2/h4-7,10-11,18H,8-9H2,1-3H3,(H,19,20)/p+1. The number of allylic oxidation sites excluding steroid dienone is 2.